The standard InChI is InChI=1S/C16H19F3N4OS.HI/c1-3-20-15(21-8-11-6-4-5-7-12(11)24-2)22-9-14-23-13(10-25-14)16(17,18)19;/h4-7,10H,3,8-9H2,1-2H3,(H2,20,21,22);1H. The lowest BCUT2D eigenvalue weighted by molar-refractivity contribution is -0.140. The summed E-state index contributed by atoms with van der Waals surface area (Å²) in [4.78, 5) is 8.02. The minimum Gasteiger partial charge on any atom is -0.496 e. The molecule has 0 aliphatic rings. The maximum atomic E-state index is 12.6. The Hall–Kier alpha value is -1.56. The quantitative estimate of drug-likeness (QED) is 0.357. The second-order valence-corrected chi connectivity index (χ2v) is 5.93. The Labute approximate surface area is 171 Å². The SMILES string of the molecule is CCNC(=NCc1ccccc1OC)NCc1nc(C(F)(F)F)cs1.I. The predicted molar refractivity (Wildman–Crippen MR) is 107 cm³/mol. The lowest BCUT2D eigenvalue weighted by atomic mass is 10.2. The summed E-state index contributed by atoms with van der Waals surface area (Å²) >= 11 is 0.961. The number of rotatable bonds is 6. The van der Waals surface area contributed by atoms with E-state index in [0.717, 1.165) is 28.0 Å². The fourth-order valence-corrected chi connectivity index (χ4v) is 2.76. The van der Waals surface area contributed by atoms with Crippen LogP contribution in [0.2, 0.25) is 0 Å². The molecule has 5 nitrogen and oxygen atoms in total. The van der Waals surface area contributed by atoms with Crippen molar-refractivity contribution in [3.05, 3.63) is 45.9 Å². The number of nitrogens with one attached hydrogen (secondary N) is 2. The number of guanidine groups is 1. The predicted octanol–water partition coefficient (Wildman–Crippen LogP) is 4.04. The van der Waals surface area contributed by atoms with E-state index in [0.29, 0.717) is 24.1 Å². The Balaban J connectivity index is 0.00000338. The normalized spacial score (nSPS) is 11.7. The molecule has 26 heavy (non-hydrogen) atoms. The summed E-state index contributed by atoms with van der Waals surface area (Å²) < 4.78 is 43.0. The second-order valence-electron chi connectivity index (χ2n) is 4.98. The first-order valence-electron chi connectivity index (χ1n) is 7.59. The maximum Gasteiger partial charge on any atom is 0.434 e. The van der Waals surface area contributed by atoms with E-state index in [1.165, 1.54) is 0 Å². The van der Waals surface area contributed by atoms with Gasteiger partial charge in [-0.3, -0.25) is 0 Å². The van der Waals surface area contributed by atoms with E-state index >= 15 is 0 Å². The molecule has 0 fully saturated rings. The molecule has 0 saturated carbocycles. The number of benzene rings is 1. The van der Waals surface area contributed by atoms with Crippen LogP contribution in [0.3, 0.4) is 0 Å². The van der Waals surface area contributed by atoms with Crippen molar-refractivity contribution in [2.24, 2.45) is 4.99 Å². The molecule has 144 valence electrons. The van der Waals surface area contributed by atoms with Gasteiger partial charge < -0.3 is 15.4 Å². The maximum absolute atomic E-state index is 12.6. The van der Waals surface area contributed by atoms with Gasteiger partial charge in [0.2, 0.25) is 0 Å². The number of para-hydroxylation sites is 1. The average molecular weight is 500 g/mol. The number of aromatic nitrogens is 1. The van der Waals surface area contributed by atoms with Crippen molar-refractivity contribution in [2.75, 3.05) is 13.7 Å². The molecule has 0 bridgehead atoms. The Bertz CT molecular complexity index is 722. The summed E-state index contributed by atoms with van der Waals surface area (Å²) in [6.07, 6.45) is -4.42. The Morgan fingerprint density at radius 3 is 2.62 bits per heavy atom. The Morgan fingerprint density at radius 2 is 2.00 bits per heavy atom. The summed E-state index contributed by atoms with van der Waals surface area (Å²) in [5.74, 6) is 1.23. The minimum absolute atomic E-state index is 0. The van der Waals surface area contributed by atoms with Crippen molar-refractivity contribution in [1.29, 1.82) is 0 Å². The van der Waals surface area contributed by atoms with Crippen LogP contribution in [-0.4, -0.2) is 24.6 Å². The van der Waals surface area contributed by atoms with Crippen LogP contribution in [0.5, 0.6) is 5.75 Å². The summed E-state index contributed by atoms with van der Waals surface area (Å²) in [6.45, 7) is 3.08. The van der Waals surface area contributed by atoms with E-state index in [2.05, 4.69) is 20.6 Å². The molecular weight excluding hydrogens is 480 g/mol. The summed E-state index contributed by atoms with van der Waals surface area (Å²) in [6, 6.07) is 7.51. The molecule has 2 N–H and O–H groups in total. The fraction of sp³-hybridized carbons (Fsp3) is 0.375. The molecule has 2 aromatic rings. The number of ether oxygens (including phenoxy) is 1. The van der Waals surface area contributed by atoms with Gasteiger partial charge in [-0.15, -0.1) is 35.3 Å². The smallest absolute Gasteiger partial charge is 0.434 e. The highest BCUT2D eigenvalue weighted by Gasteiger charge is 2.33. The second kappa shape index (κ2) is 10.6. The number of aliphatic imine (C=N–C) groups is 1. The highest BCUT2D eigenvalue weighted by molar-refractivity contribution is 14.0. The van der Waals surface area contributed by atoms with Crippen LogP contribution >= 0.6 is 35.3 Å². The molecule has 0 radical (unpaired) electrons. The van der Waals surface area contributed by atoms with E-state index in [9.17, 15) is 13.2 Å². The molecule has 0 saturated heterocycles. The third kappa shape index (κ3) is 6.63. The van der Waals surface area contributed by atoms with Gasteiger partial charge in [0, 0.05) is 17.5 Å². The molecule has 0 aliphatic heterocycles. The first kappa shape index (κ1) is 22.5. The topological polar surface area (TPSA) is 58.5 Å². The molecule has 2 rings (SSSR count). The van der Waals surface area contributed by atoms with Gasteiger partial charge in [0.05, 0.1) is 20.2 Å². The molecule has 1 heterocycles. The minimum atomic E-state index is -4.42. The largest absolute Gasteiger partial charge is 0.496 e. The Kier molecular flexibility index (Phi) is 9.13. The molecule has 10 heteroatoms. The third-order valence-corrected chi connectivity index (χ3v) is 4.04. The monoisotopic (exact) mass is 500 g/mol. The van der Waals surface area contributed by atoms with Crippen LogP contribution in [0.4, 0.5) is 13.2 Å². The van der Waals surface area contributed by atoms with Crippen molar-refractivity contribution in [3.8, 4) is 5.75 Å². The van der Waals surface area contributed by atoms with Crippen LogP contribution in [0.15, 0.2) is 34.6 Å². The van der Waals surface area contributed by atoms with Crippen molar-refractivity contribution < 1.29 is 17.9 Å². The van der Waals surface area contributed by atoms with Gasteiger partial charge in [-0.2, -0.15) is 13.2 Å². The van der Waals surface area contributed by atoms with E-state index in [-0.39, 0.29) is 30.5 Å². The van der Waals surface area contributed by atoms with Gasteiger partial charge in [-0.25, -0.2) is 9.98 Å². The zero-order valence-electron chi connectivity index (χ0n) is 14.3. The van der Waals surface area contributed by atoms with Crippen LogP contribution in [0.25, 0.3) is 0 Å². The first-order chi connectivity index (χ1) is 11.9. The van der Waals surface area contributed by atoms with Crippen molar-refractivity contribution in [3.63, 3.8) is 0 Å². The van der Waals surface area contributed by atoms with Crippen molar-refractivity contribution >= 4 is 41.3 Å². The zero-order chi connectivity index (χ0) is 18.3. The number of nitrogens with zero attached hydrogens (tertiary/aromatic N) is 2. The Morgan fingerprint density at radius 1 is 1.27 bits per heavy atom. The number of hydrogen-bond donors (Lipinski definition) is 2. The molecule has 1 aromatic heterocycles. The number of halogens is 4. The van der Waals surface area contributed by atoms with Gasteiger partial charge in [-0.1, -0.05) is 18.2 Å². The van der Waals surface area contributed by atoms with Gasteiger partial charge in [0.1, 0.15) is 10.8 Å². The molecule has 0 spiro atoms. The van der Waals surface area contributed by atoms with Gasteiger partial charge in [-0.05, 0) is 13.0 Å². The molecular formula is C16H20F3IN4OS. The van der Waals surface area contributed by atoms with Crippen LogP contribution in [-0.2, 0) is 19.3 Å². The van der Waals surface area contributed by atoms with E-state index < -0.39 is 11.9 Å². The molecule has 0 amide bonds. The lowest BCUT2D eigenvalue weighted by Gasteiger charge is -2.11. The first-order valence-corrected chi connectivity index (χ1v) is 8.47. The zero-order valence-corrected chi connectivity index (χ0v) is 17.4. The molecule has 0 atom stereocenters. The van der Waals surface area contributed by atoms with Crippen LogP contribution in [0, 0.1) is 0 Å². The van der Waals surface area contributed by atoms with Gasteiger partial charge >= 0.3 is 6.18 Å². The van der Waals surface area contributed by atoms with E-state index in [1.54, 1.807) is 7.11 Å². The number of thiazole rings is 1. The molecule has 0 unspecified atom stereocenters. The van der Waals surface area contributed by atoms with Gasteiger partial charge in [0.25, 0.3) is 0 Å². The summed E-state index contributed by atoms with van der Waals surface area (Å²) in [7, 11) is 1.59. The fourth-order valence-electron chi connectivity index (χ4n) is 2.02. The van der Waals surface area contributed by atoms with Crippen LogP contribution in [0.1, 0.15) is 23.2 Å². The number of methoxy groups -OCH3 is 1. The number of alkyl halides is 3. The van der Waals surface area contributed by atoms with E-state index in [4.69, 9.17) is 4.74 Å². The van der Waals surface area contributed by atoms with Gasteiger partial charge in [0.15, 0.2) is 11.7 Å². The highest BCUT2D eigenvalue weighted by Crippen LogP contribution is 2.29. The highest BCUT2D eigenvalue weighted by atomic mass is 127. The van der Waals surface area contributed by atoms with Crippen molar-refractivity contribution in [1.82, 2.24) is 15.6 Å². The van der Waals surface area contributed by atoms with Crippen LogP contribution < -0.4 is 15.4 Å². The lowest BCUT2D eigenvalue weighted by Crippen LogP contribution is -2.36. The average Bonchev–Trinajstić information content (AvgIpc) is 3.07. The number of hydrogen-bond acceptors (Lipinski definition) is 4. The van der Waals surface area contributed by atoms with E-state index in [1.807, 2.05) is 31.2 Å². The van der Waals surface area contributed by atoms with Crippen molar-refractivity contribution in [2.45, 2.75) is 26.2 Å². The summed E-state index contributed by atoms with van der Waals surface area (Å²) in [5, 5.41) is 7.39. The summed E-state index contributed by atoms with van der Waals surface area (Å²) in [5.41, 5.74) is 0.0427. The molecule has 0 aliphatic carbocycles. The molecule has 1 aromatic carbocycles. The third-order valence-electron chi connectivity index (χ3n) is 3.19.